The van der Waals surface area contributed by atoms with E-state index in [1.807, 2.05) is 0 Å². The summed E-state index contributed by atoms with van der Waals surface area (Å²) in [5.74, 6) is -1.94. The monoisotopic (exact) mass is 527 g/mol. The average Bonchev–Trinajstić information content (AvgIpc) is 3.58. The zero-order valence-corrected chi connectivity index (χ0v) is 21.8. The molecule has 3 heterocycles. The number of aliphatic carboxylic acids is 1. The van der Waals surface area contributed by atoms with E-state index >= 15 is 0 Å². The van der Waals surface area contributed by atoms with Crippen molar-refractivity contribution in [3.05, 3.63) is 44.4 Å². The molecule has 2 saturated carbocycles. The lowest BCUT2D eigenvalue weighted by atomic mass is 9.68. The number of carbonyl (C=O) groups is 3. The number of nitrogens with zero attached hydrogens (tertiary/aromatic N) is 2. The molecule has 2 amide bonds. The van der Waals surface area contributed by atoms with E-state index in [-0.39, 0.29) is 70.4 Å². The van der Waals surface area contributed by atoms with Crippen LogP contribution in [0, 0.1) is 29.6 Å². The van der Waals surface area contributed by atoms with Gasteiger partial charge in [-0.05, 0) is 55.7 Å². The molecular weight excluding hydrogens is 498 g/mol. The van der Waals surface area contributed by atoms with Gasteiger partial charge in [0.05, 0.1) is 23.3 Å². The Morgan fingerprint density at radius 1 is 1.08 bits per heavy atom. The van der Waals surface area contributed by atoms with Gasteiger partial charge in [-0.2, -0.15) is 0 Å². The number of amides is 2. The number of thiazole rings is 1. The van der Waals surface area contributed by atoms with Crippen molar-refractivity contribution >= 4 is 46.6 Å². The SMILES string of the molecule is CCN(CC)c1ccc([C@@H]2c3sc(=O)[nH]c3S[C@@H]3[C@H]4C[C@@H]([C@@H]5C(=O)N(CCC(=O)O)C(=O)[C@@H]45)[C@H]23)cc1. The Morgan fingerprint density at radius 2 is 1.75 bits per heavy atom. The van der Waals surface area contributed by atoms with Crippen molar-refractivity contribution in [3.63, 3.8) is 0 Å². The standard InChI is InChI=1S/C26H29N3O5S2/c1-3-28(4-2)13-7-5-12(6-8-13)17-18-14-11-15(21(18)35-23-22(17)36-26(34)27-23)20-19(14)24(32)29(25(20)33)10-9-16(30)31/h5-8,14-15,17-21H,3-4,9-11H2,1-2H3,(H,27,34)(H,30,31)/t14-,15+,17+,18-,19+,20+,21-/m1/s1. The van der Waals surface area contributed by atoms with Gasteiger partial charge < -0.3 is 15.0 Å². The van der Waals surface area contributed by atoms with Gasteiger partial charge in [0.25, 0.3) is 0 Å². The molecule has 7 atom stereocenters. The molecule has 190 valence electrons. The van der Waals surface area contributed by atoms with E-state index in [9.17, 15) is 19.2 Å². The molecule has 1 aromatic heterocycles. The van der Waals surface area contributed by atoms with Crippen LogP contribution in [0.2, 0.25) is 0 Å². The third kappa shape index (κ3) is 3.40. The number of carbonyl (C=O) groups excluding carboxylic acids is 2. The van der Waals surface area contributed by atoms with Gasteiger partial charge in [-0.1, -0.05) is 23.5 Å². The fourth-order valence-electron chi connectivity index (χ4n) is 7.36. The summed E-state index contributed by atoms with van der Waals surface area (Å²) in [5, 5.41) is 10.1. The normalized spacial score (nSPS) is 31.9. The van der Waals surface area contributed by atoms with Gasteiger partial charge in [-0.15, -0.1) is 11.8 Å². The number of hydrogen-bond acceptors (Lipinski definition) is 7. The van der Waals surface area contributed by atoms with Crippen molar-refractivity contribution in [3.8, 4) is 0 Å². The van der Waals surface area contributed by atoms with Crippen LogP contribution < -0.4 is 9.77 Å². The summed E-state index contributed by atoms with van der Waals surface area (Å²) < 4.78 is 0. The maximum atomic E-state index is 13.4. The molecule has 2 N–H and O–H groups in total. The molecule has 2 bridgehead atoms. The Labute approximate surface area is 217 Å². The highest BCUT2D eigenvalue weighted by Crippen LogP contribution is 2.68. The van der Waals surface area contributed by atoms with Gasteiger partial charge >= 0.3 is 10.8 Å². The Balaban J connectivity index is 1.38. The molecule has 10 heteroatoms. The number of hydrogen-bond donors (Lipinski definition) is 2. The van der Waals surface area contributed by atoms with Crippen molar-refractivity contribution < 1.29 is 19.5 Å². The summed E-state index contributed by atoms with van der Waals surface area (Å²) in [4.78, 5) is 57.7. The molecule has 3 fully saturated rings. The van der Waals surface area contributed by atoms with Gasteiger partial charge in [-0.3, -0.25) is 24.1 Å². The van der Waals surface area contributed by atoms with E-state index in [0.29, 0.717) is 0 Å². The van der Waals surface area contributed by atoms with Gasteiger partial charge in [0, 0.05) is 41.4 Å². The highest BCUT2D eigenvalue weighted by molar-refractivity contribution is 8.00. The van der Waals surface area contributed by atoms with E-state index < -0.39 is 5.97 Å². The highest BCUT2D eigenvalue weighted by Gasteiger charge is 2.69. The van der Waals surface area contributed by atoms with E-state index in [2.05, 4.69) is 48.0 Å². The van der Waals surface area contributed by atoms with Crippen LogP contribution in [0.15, 0.2) is 34.1 Å². The molecule has 36 heavy (non-hydrogen) atoms. The van der Waals surface area contributed by atoms with Crippen molar-refractivity contribution in [2.24, 2.45) is 29.6 Å². The van der Waals surface area contributed by atoms with Crippen molar-refractivity contribution in [1.29, 1.82) is 0 Å². The van der Waals surface area contributed by atoms with E-state index in [1.165, 1.54) is 16.2 Å². The van der Waals surface area contributed by atoms with Gasteiger partial charge in [0.15, 0.2) is 0 Å². The maximum absolute atomic E-state index is 13.4. The molecule has 2 aromatic rings. The first-order valence-electron chi connectivity index (χ1n) is 12.7. The number of anilines is 1. The number of aromatic amines is 1. The number of likely N-dealkylation sites (tertiary alicyclic amines) is 1. The summed E-state index contributed by atoms with van der Waals surface area (Å²) >= 11 is 2.92. The first-order valence-corrected chi connectivity index (χ1v) is 14.3. The molecule has 0 unspecified atom stereocenters. The Hall–Kier alpha value is -2.59. The van der Waals surface area contributed by atoms with Crippen molar-refractivity contribution in [2.45, 2.75) is 42.9 Å². The first-order chi connectivity index (χ1) is 17.3. The van der Waals surface area contributed by atoms with Crippen LogP contribution in [0.3, 0.4) is 0 Å². The second kappa shape index (κ2) is 8.76. The first kappa shape index (κ1) is 23.8. The quantitative estimate of drug-likeness (QED) is 0.532. The molecule has 2 aliphatic heterocycles. The lowest BCUT2D eigenvalue weighted by molar-refractivity contribution is -0.142. The summed E-state index contributed by atoms with van der Waals surface area (Å²) in [6.07, 6.45) is 0.600. The van der Waals surface area contributed by atoms with Crippen LogP contribution in [0.5, 0.6) is 0 Å². The van der Waals surface area contributed by atoms with Crippen LogP contribution >= 0.6 is 23.1 Å². The number of H-pyrrole nitrogens is 1. The zero-order valence-electron chi connectivity index (χ0n) is 20.2. The maximum Gasteiger partial charge on any atom is 0.305 e. The minimum Gasteiger partial charge on any atom is -0.481 e. The fourth-order valence-corrected chi connectivity index (χ4v) is 10.2. The number of carboxylic acid groups (broad SMARTS) is 1. The number of aromatic nitrogens is 1. The molecule has 1 aromatic carbocycles. The van der Waals surface area contributed by atoms with Crippen LogP contribution in [-0.4, -0.2) is 57.7 Å². The molecule has 4 aliphatic rings. The number of rotatable bonds is 7. The third-order valence-electron chi connectivity index (χ3n) is 8.75. The van der Waals surface area contributed by atoms with Gasteiger partial charge in [0.2, 0.25) is 11.8 Å². The lowest BCUT2D eigenvalue weighted by Gasteiger charge is -2.43. The lowest BCUT2D eigenvalue weighted by Crippen LogP contribution is -2.42. The average molecular weight is 528 g/mol. The number of benzene rings is 1. The van der Waals surface area contributed by atoms with Crippen LogP contribution in [0.1, 0.15) is 43.0 Å². The summed E-state index contributed by atoms with van der Waals surface area (Å²) in [6, 6.07) is 8.59. The number of fused-ring (bicyclic) bond motifs is 9. The molecule has 0 radical (unpaired) electrons. The minimum atomic E-state index is -1.01. The molecule has 6 rings (SSSR count). The molecule has 8 nitrogen and oxygen atoms in total. The van der Waals surface area contributed by atoms with Gasteiger partial charge in [-0.25, -0.2) is 0 Å². The van der Waals surface area contributed by atoms with Gasteiger partial charge in [0.1, 0.15) is 0 Å². The zero-order chi connectivity index (χ0) is 25.3. The molecule has 2 aliphatic carbocycles. The molecule has 1 saturated heterocycles. The molecule has 0 spiro atoms. The number of nitrogens with one attached hydrogen (secondary N) is 1. The predicted octanol–water partition coefficient (Wildman–Crippen LogP) is 3.23. The summed E-state index contributed by atoms with van der Waals surface area (Å²) in [7, 11) is 0. The Morgan fingerprint density at radius 3 is 2.39 bits per heavy atom. The predicted molar refractivity (Wildman–Crippen MR) is 137 cm³/mol. The minimum absolute atomic E-state index is 0.00660. The van der Waals surface area contributed by atoms with E-state index in [4.69, 9.17) is 5.11 Å². The van der Waals surface area contributed by atoms with Crippen LogP contribution in [0.4, 0.5) is 5.69 Å². The van der Waals surface area contributed by atoms with E-state index in [0.717, 1.165) is 40.7 Å². The number of imide groups is 1. The number of carboxylic acids is 1. The second-order valence-corrected chi connectivity index (χ2v) is 12.4. The smallest absolute Gasteiger partial charge is 0.305 e. The second-order valence-electron chi connectivity index (χ2n) is 10.2. The topological polar surface area (TPSA) is 111 Å². The van der Waals surface area contributed by atoms with Crippen LogP contribution in [0.25, 0.3) is 0 Å². The highest BCUT2D eigenvalue weighted by atomic mass is 32.2. The molecular formula is C26H29N3O5S2. The summed E-state index contributed by atoms with van der Waals surface area (Å²) in [6.45, 7) is 6.06. The van der Waals surface area contributed by atoms with Crippen molar-refractivity contribution in [2.75, 3.05) is 24.5 Å². The van der Waals surface area contributed by atoms with E-state index in [1.54, 1.807) is 11.8 Å². The fraction of sp³-hybridized carbons (Fsp3) is 0.538. The number of thioether (sulfide) groups is 1. The summed E-state index contributed by atoms with van der Waals surface area (Å²) in [5.41, 5.74) is 2.30. The van der Waals surface area contributed by atoms with Crippen LogP contribution in [-0.2, 0) is 14.4 Å². The Kier molecular flexibility index (Phi) is 5.79. The largest absolute Gasteiger partial charge is 0.481 e. The third-order valence-corrected chi connectivity index (χ3v) is 11.3. The van der Waals surface area contributed by atoms with Crippen molar-refractivity contribution in [1.82, 2.24) is 9.88 Å². The Bertz CT molecular complexity index is 1280.